The summed E-state index contributed by atoms with van der Waals surface area (Å²) in [4.78, 5) is 20.5. The molecule has 0 radical (unpaired) electrons. The fraction of sp³-hybridized carbons (Fsp3) is 0.440. The molecule has 156 valence electrons. The number of rotatable bonds is 4. The van der Waals surface area contributed by atoms with E-state index in [1.54, 1.807) is 6.26 Å². The molecule has 2 heterocycles. The summed E-state index contributed by atoms with van der Waals surface area (Å²) in [6, 6.07) is 9.88. The summed E-state index contributed by atoms with van der Waals surface area (Å²) in [6.45, 7) is 0.507. The average molecular weight is 423 g/mol. The Morgan fingerprint density at radius 3 is 2.73 bits per heavy atom. The van der Waals surface area contributed by atoms with Crippen molar-refractivity contribution in [3.05, 3.63) is 64.2 Å². The number of carbonyl (C=O) groups is 1. The summed E-state index contributed by atoms with van der Waals surface area (Å²) >= 11 is 6.72. The Labute approximate surface area is 182 Å². The van der Waals surface area contributed by atoms with E-state index >= 15 is 0 Å². The highest BCUT2D eigenvalue weighted by Crippen LogP contribution is 2.34. The number of benzene rings is 1. The van der Waals surface area contributed by atoms with Crippen LogP contribution in [0.1, 0.15) is 72.3 Å². The highest BCUT2D eigenvalue weighted by Gasteiger charge is 2.28. The van der Waals surface area contributed by atoms with E-state index in [1.807, 2.05) is 35.2 Å². The van der Waals surface area contributed by atoms with Gasteiger partial charge in [0.1, 0.15) is 5.76 Å². The second kappa shape index (κ2) is 8.43. The molecule has 0 saturated heterocycles. The smallest absolute Gasteiger partial charge is 0.254 e. The van der Waals surface area contributed by atoms with Gasteiger partial charge in [0.15, 0.2) is 0 Å². The topological polar surface area (TPSA) is 46.3 Å². The zero-order valence-electron chi connectivity index (χ0n) is 17.2. The molecule has 5 heteroatoms. The molecule has 0 spiro atoms. The minimum atomic E-state index is 0.0517. The van der Waals surface area contributed by atoms with Crippen molar-refractivity contribution in [3.63, 3.8) is 0 Å². The van der Waals surface area contributed by atoms with Crippen LogP contribution in [-0.2, 0) is 19.4 Å². The lowest BCUT2D eigenvalue weighted by Crippen LogP contribution is -2.40. The van der Waals surface area contributed by atoms with Gasteiger partial charge in [-0.3, -0.25) is 9.78 Å². The molecule has 0 unspecified atom stereocenters. The Morgan fingerprint density at radius 2 is 1.93 bits per heavy atom. The first kappa shape index (κ1) is 19.6. The van der Waals surface area contributed by atoms with Crippen molar-refractivity contribution >= 4 is 28.4 Å². The van der Waals surface area contributed by atoms with Crippen LogP contribution in [0.25, 0.3) is 10.9 Å². The maximum absolute atomic E-state index is 13.6. The zero-order valence-corrected chi connectivity index (χ0v) is 18.0. The number of amides is 1. The van der Waals surface area contributed by atoms with Crippen LogP contribution >= 0.6 is 11.6 Å². The highest BCUT2D eigenvalue weighted by molar-refractivity contribution is 6.36. The van der Waals surface area contributed by atoms with Gasteiger partial charge in [0.05, 0.1) is 23.3 Å². The number of hydrogen-bond donors (Lipinski definition) is 0. The lowest BCUT2D eigenvalue weighted by Gasteiger charge is -2.34. The number of aromatic nitrogens is 1. The zero-order chi connectivity index (χ0) is 20.5. The monoisotopic (exact) mass is 422 g/mol. The highest BCUT2D eigenvalue weighted by atomic mass is 35.5. The van der Waals surface area contributed by atoms with Crippen molar-refractivity contribution in [1.82, 2.24) is 9.88 Å². The van der Waals surface area contributed by atoms with Crippen molar-refractivity contribution in [3.8, 4) is 0 Å². The molecule has 2 aliphatic carbocycles. The number of aryl methyl sites for hydroxylation is 1. The van der Waals surface area contributed by atoms with Crippen LogP contribution in [0, 0.1) is 0 Å². The van der Waals surface area contributed by atoms with Crippen LogP contribution in [0.15, 0.2) is 41.0 Å². The van der Waals surface area contributed by atoms with E-state index in [2.05, 4.69) is 0 Å². The summed E-state index contributed by atoms with van der Waals surface area (Å²) in [5, 5.41) is 1.76. The Bertz CT molecular complexity index is 1050. The molecule has 4 nitrogen and oxygen atoms in total. The van der Waals surface area contributed by atoms with Gasteiger partial charge in [-0.05, 0) is 68.4 Å². The molecule has 0 aliphatic heterocycles. The number of hydrogen-bond acceptors (Lipinski definition) is 3. The number of furan rings is 1. The van der Waals surface area contributed by atoms with Crippen molar-refractivity contribution in [1.29, 1.82) is 0 Å². The molecule has 0 atom stereocenters. The Balaban J connectivity index is 1.50. The van der Waals surface area contributed by atoms with Crippen LogP contribution in [-0.4, -0.2) is 21.8 Å². The third-order valence-corrected chi connectivity index (χ3v) is 7.05. The van der Waals surface area contributed by atoms with Crippen molar-refractivity contribution in [2.75, 3.05) is 0 Å². The lowest BCUT2D eigenvalue weighted by molar-refractivity contribution is 0.0596. The second-order valence-corrected chi connectivity index (χ2v) is 8.97. The quantitative estimate of drug-likeness (QED) is 0.493. The fourth-order valence-corrected chi connectivity index (χ4v) is 5.36. The first-order chi connectivity index (χ1) is 14.7. The van der Waals surface area contributed by atoms with Gasteiger partial charge in [-0.25, -0.2) is 0 Å². The molecule has 30 heavy (non-hydrogen) atoms. The van der Waals surface area contributed by atoms with Crippen LogP contribution in [0.3, 0.4) is 0 Å². The summed E-state index contributed by atoms with van der Waals surface area (Å²) in [6.07, 6.45) is 11.7. The molecule has 1 fully saturated rings. The Kier molecular flexibility index (Phi) is 5.51. The van der Waals surface area contributed by atoms with E-state index in [-0.39, 0.29) is 11.9 Å². The molecular weight excluding hydrogens is 396 g/mol. The molecule has 1 amide bonds. The predicted octanol–water partition coefficient (Wildman–Crippen LogP) is 6.34. The van der Waals surface area contributed by atoms with Crippen molar-refractivity contribution < 1.29 is 9.21 Å². The summed E-state index contributed by atoms with van der Waals surface area (Å²) in [7, 11) is 0. The minimum absolute atomic E-state index is 0.0517. The third kappa shape index (κ3) is 3.74. The summed E-state index contributed by atoms with van der Waals surface area (Å²) < 4.78 is 5.57. The minimum Gasteiger partial charge on any atom is -0.467 e. The maximum atomic E-state index is 13.6. The standard InChI is InChI=1S/C25H27ClN2O2/c26-24-20-10-4-5-11-22(20)27-23-15-17(12-13-21(23)24)25(29)28(16-19-9-6-14-30-19)18-7-2-1-3-8-18/h6,9,12-15,18H,1-5,7-8,10-11,16H2. The van der Waals surface area contributed by atoms with Crippen LogP contribution in [0.4, 0.5) is 0 Å². The van der Waals surface area contributed by atoms with Crippen LogP contribution in [0.2, 0.25) is 5.02 Å². The third-order valence-electron chi connectivity index (χ3n) is 6.62. The van der Waals surface area contributed by atoms with E-state index in [0.29, 0.717) is 12.1 Å². The largest absolute Gasteiger partial charge is 0.467 e. The van der Waals surface area contributed by atoms with Crippen molar-refractivity contribution in [2.24, 2.45) is 0 Å². The van der Waals surface area contributed by atoms with E-state index in [0.717, 1.165) is 59.5 Å². The van der Waals surface area contributed by atoms with Gasteiger partial charge in [0.2, 0.25) is 0 Å². The Morgan fingerprint density at radius 1 is 1.10 bits per heavy atom. The number of carbonyl (C=O) groups excluding carboxylic acids is 1. The number of fused-ring (bicyclic) bond motifs is 2. The van der Waals surface area contributed by atoms with Gasteiger partial charge in [0, 0.05) is 22.7 Å². The molecule has 5 rings (SSSR count). The van der Waals surface area contributed by atoms with Gasteiger partial charge in [-0.15, -0.1) is 0 Å². The van der Waals surface area contributed by atoms with E-state index in [9.17, 15) is 4.79 Å². The molecule has 2 aliphatic rings. The average Bonchev–Trinajstić information content (AvgIpc) is 3.31. The molecule has 3 aromatic rings. The van der Waals surface area contributed by atoms with Gasteiger partial charge in [-0.1, -0.05) is 36.9 Å². The number of halogens is 1. The summed E-state index contributed by atoms with van der Waals surface area (Å²) in [5.74, 6) is 0.876. The van der Waals surface area contributed by atoms with Gasteiger partial charge in [0.25, 0.3) is 5.91 Å². The van der Waals surface area contributed by atoms with E-state index in [1.165, 1.54) is 31.2 Å². The van der Waals surface area contributed by atoms with Crippen molar-refractivity contribution in [2.45, 2.75) is 70.4 Å². The van der Waals surface area contributed by atoms with Gasteiger partial charge < -0.3 is 9.32 Å². The van der Waals surface area contributed by atoms with E-state index < -0.39 is 0 Å². The maximum Gasteiger partial charge on any atom is 0.254 e. The molecular formula is C25H27ClN2O2. The van der Waals surface area contributed by atoms with Gasteiger partial charge >= 0.3 is 0 Å². The SMILES string of the molecule is O=C(c1ccc2c(Cl)c3c(nc2c1)CCCC3)N(Cc1ccco1)C1CCCCC1. The van der Waals surface area contributed by atoms with Crippen LogP contribution in [0.5, 0.6) is 0 Å². The fourth-order valence-electron chi connectivity index (χ4n) is 5.00. The number of nitrogens with zero attached hydrogens (tertiary/aromatic N) is 2. The molecule has 2 aromatic heterocycles. The first-order valence-corrected chi connectivity index (χ1v) is 11.5. The Hall–Kier alpha value is -2.33. The predicted molar refractivity (Wildman–Crippen MR) is 119 cm³/mol. The van der Waals surface area contributed by atoms with Gasteiger partial charge in [-0.2, -0.15) is 0 Å². The lowest BCUT2D eigenvalue weighted by atomic mass is 9.93. The summed E-state index contributed by atoms with van der Waals surface area (Å²) in [5.41, 5.74) is 3.80. The normalized spacial score (nSPS) is 17.1. The second-order valence-electron chi connectivity index (χ2n) is 8.59. The van der Waals surface area contributed by atoms with E-state index in [4.69, 9.17) is 21.0 Å². The molecule has 1 aromatic carbocycles. The first-order valence-electron chi connectivity index (χ1n) is 11.1. The van der Waals surface area contributed by atoms with Crippen LogP contribution < -0.4 is 0 Å². The molecule has 0 bridgehead atoms. The molecule has 1 saturated carbocycles. The number of pyridine rings is 1. The molecule has 0 N–H and O–H groups in total.